The van der Waals surface area contributed by atoms with Gasteiger partial charge in [0.1, 0.15) is 0 Å². The minimum atomic E-state index is 0.171. The van der Waals surface area contributed by atoms with Gasteiger partial charge in [0, 0.05) is 36.7 Å². The normalized spacial score (nSPS) is 15.4. The van der Waals surface area contributed by atoms with Crippen molar-refractivity contribution in [2.24, 2.45) is 5.92 Å². The number of carbonyl (C=O) groups is 1. The maximum atomic E-state index is 11.7. The second-order valence-corrected chi connectivity index (χ2v) is 5.21. The molecule has 4 heteroatoms. The molecule has 100 valence electrons. The quantitative estimate of drug-likeness (QED) is 0.774. The van der Waals surface area contributed by atoms with Gasteiger partial charge in [-0.25, -0.2) is 0 Å². The van der Waals surface area contributed by atoms with Gasteiger partial charge in [0.2, 0.25) is 5.91 Å². The van der Waals surface area contributed by atoms with Gasteiger partial charge in [0.15, 0.2) is 0 Å². The molecule has 19 heavy (non-hydrogen) atoms. The van der Waals surface area contributed by atoms with Gasteiger partial charge in [-0.1, -0.05) is 18.2 Å². The summed E-state index contributed by atoms with van der Waals surface area (Å²) in [4.78, 5) is 15.0. The second-order valence-electron chi connectivity index (χ2n) is 5.21. The first kappa shape index (κ1) is 12.2. The van der Waals surface area contributed by atoms with Crippen molar-refractivity contribution >= 4 is 16.8 Å². The van der Waals surface area contributed by atoms with E-state index >= 15 is 0 Å². The highest BCUT2D eigenvalue weighted by Crippen LogP contribution is 2.21. The van der Waals surface area contributed by atoms with Crippen molar-refractivity contribution in [3.8, 4) is 0 Å². The van der Waals surface area contributed by atoms with Gasteiger partial charge in [-0.2, -0.15) is 0 Å². The van der Waals surface area contributed by atoms with Gasteiger partial charge in [0.05, 0.1) is 5.92 Å². The summed E-state index contributed by atoms with van der Waals surface area (Å²) in [6.07, 6.45) is 2.92. The van der Waals surface area contributed by atoms with Crippen LogP contribution in [0.2, 0.25) is 0 Å². The summed E-state index contributed by atoms with van der Waals surface area (Å²) >= 11 is 0. The van der Waals surface area contributed by atoms with Crippen LogP contribution in [0.4, 0.5) is 0 Å². The molecule has 0 saturated carbocycles. The van der Waals surface area contributed by atoms with Crippen LogP contribution >= 0.6 is 0 Å². The molecule has 0 atom stereocenters. The van der Waals surface area contributed by atoms with E-state index in [4.69, 9.17) is 0 Å². The Bertz CT molecular complexity index is 598. The molecule has 1 aromatic heterocycles. The number of hydrogen-bond acceptors (Lipinski definition) is 2. The van der Waals surface area contributed by atoms with E-state index in [1.54, 1.807) is 0 Å². The summed E-state index contributed by atoms with van der Waals surface area (Å²) in [5.74, 6) is 0.347. The molecule has 1 aromatic carbocycles. The molecule has 0 unspecified atom stereocenters. The van der Waals surface area contributed by atoms with Crippen LogP contribution in [0.1, 0.15) is 11.1 Å². The van der Waals surface area contributed by atoms with Crippen molar-refractivity contribution in [2.75, 3.05) is 19.6 Å². The summed E-state index contributed by atoms with van der Waals surface area (Å²) in [6.45, 7) is 4.44. The van der Waals surface area contributed by atoms with E-state index in [0.29, 0.717) is 6.54 Å². The van der Waals surface area contributed by atoms with Crippen molar-refractivity contribution in [1.29, 1.82) is 0 Å². The predicted molar refractivity (Wildman–Crippen MR) is 76.1 cm³/mol. The number of aromatic amines is 1. The Morgan fingerprint density at radius 3 is 3.00 bits per heavy atom. The smallest absolute Gasteiger partial charge is 0.225 e. The molecule has 2 aromatic rings. The second kappa shape index (κ2) is 5.05. The molecule has 1 aliphatic heterocycles. The number of carbonyl (C=O) groups excluding carboxylic acids is 1. The van der Waals surface area contributed by atoms with Gasteiger partial charge in [-0.15, -0.1) is 0 Å². The van der Waals surface area contributed by atoms with E-state index in [1.807, 2.05) is 0 Å². The fourth-order valence-electron chi connectivity index (χ4n) is 2.51. The zero-order chi connectivity index (χ0) is 13.2. The van der Waals surface area contributed by atoms with Gasteiger partial charge >= 0.3 is 0 Å². The monoisotopic (exact) mass is 257 g/mol. The van der Waals surface area contributed by atoms with Crippen LogP contribution in [0.5, 0.6) is 0 Å². The van der Waals surface area contributed by atoms with E-state index < -0.39 is 0 Å². The average Bonchev–Trinajstić information content (AvgIpc) is 2.72. The molecule has 3 rings (SSSR count). The third kappa shape index (κ3) is 2.36. The minimum Gasteiger partial charge on any atom is -0.361 e. The molecule has 1 fully saturated rings. The van der Waals surface area contributed by atoms with Crippen LogP contribution in [0, 0.1) is 12.8 Å². The van der Waals surface area contributed by atoms with E-state index in [9.17, 15) is 4.79 Å². The van der Waals surface area contributed by atoms with Crippen molar-refractivity contribution in [3.05, 3.63) is 35.5 Å². The molecular formula is C15H19N3O. The maximum absolute atomic E-state index is 11.7. The molecule has 4 nitrogen and oxygen atoms in total. The number of hydrogen-bond donors (Lipinski definition) is 3. The van der Waals surface area contributed by atoms with Crippen molar-refractivity contribution in [2.45, 2.75) is 13.3 Å². The zero-order valence-electron chi connectivity index (χ0n) is 11.1. The van der Waals surface area contributed by atoms with Crippen molar-refractivity contribution in [1.82, 2.24) is 15.6 Å². The third-order valence-corrected chi connectivity index (χ3v) is 3.86. The van der Waals surface area contributed by atoms with Crippen LogP contribution in [-0.2, 0) is 11.2 Å². The number of rotatable bonds is 4. The van der Waals surface area contributed by atoms with E-state index in [0.717, 1.165) is 19.5 Å². The number of nitrogens with one attached hydrogen (secondary N) is 3. The van der Waals surface area contributed by atoms with E-state index in [2.05, 4.69) is 46.9 Å². The Morgan fingerprint density at radius 2 is 2.26 bits per heavy atom. The lowest BCUT2D eigenvalue weighted by Crippen LogP contribution is -2.51. The standard InChI is InChI=1S/C15H19N3O/c1-10-3-2-4-13-11(9-18-14(10)13)5-6-17-15(19)12-7-16-8-12/h2-4,9,12,16,18H,5-8H2,1H3,(H,17,19). The minimum absolute atomic E-state index is 0.171. The fourth-order valence-corrected chi connectivity index (χ4v) is 2.51. The fraction of sp³-hybridized carbons (Fsp3) is 0.400. The number of amides is 1. The molecule has 0 spiro atoms. The molecule has 2 heterocycles. The number of para-hydroxylation sites is 1. The van der Waals surface area contributed by atoms with Crippen LogP contribution in [0.15, 0.2) is 24.4 Å². The highest BCUT2D eigenvalue weighted by molar-refractivity contribution is 5.86. The highest BCUT2D eigenvalue weighted by atomic mass is 16.2. The maximum Gasteiger partial charge on any atom is 0.225 e. The lowest BCUT2D eigenvalue weighted by atomic mass is 10.0. The van der Waals surface area contributed by atoms with Crippen LogP contribution < -0.4 is 10.6 Å². The topological polar surface area (TPSA) is 56.9 Å². The first-order valence-electron chi connectivity index (χ1n) is 6.79. The van der Waals surface area contributed by atoms with Gasteiger partial charge in [0.25, 0.3) is 0 Å². The third-order valence-electron chi connectivity index (χ3n) is 3.86. The van der Waals surface area contributed by atoms with E-state index in [-0.39, 0.29) is 11.8 Å². The summed E-state index contributed by atoms with van der Waals surface area (Å²) in [5, 5.41) is 7.38. The Kier molecular flexibility index (Phi) is 3.25. The summed E-state index contributed by atoms with van der Waals surface area (Å²) in [5.41, 5.74) is 3.73. The Morgan fingerprint density at radius 1 is 1.42 bits per heavy atom. The van der Waals surface area contributed by atoms with Gasteiger partial charge in [-0.05, 0) is 24.5 Å². The van der Waals surface area contributed by atoms with Crippen LogP contribution in [-0.4, -0.2) is 30.5 Å². The molecule has 0 aliphatic carbocycles. The van der Waals surface area contributed by atoms with E-state index in [1.165, 1.54) is 22.0 Å². The highest BCUT2D eigenvalue weighted by Gasteiger charge is 2.24. The van der Waals surface area contributed by atoms with Crippen molar-refractivity contribution < 1.29 is 4.79 Å². The number of aromatic nitrogens is 1. The Balaban J connectivity index is 1.62. The van der Waals surface area contributed by atoms with Gasteiger partial charge in [-0.3, -0.25) is 4.79 Å². The SMILES string of the molecule is Cc1cccc2c(CCNC(=O)C3CNC3)c[nH]c12. The van der Waals surface area contributed by atoms with Crippen molar-refractivity contribution in [3.63, 3.8) is 0 Å². The lowest BCUT2D eigenvalue weighted by molar-refractivity contribution is -0.126. The molecule has 1 amide bonds. The molecule has 0 radical (unpaired) electrons. The Labute approximate surface area is 112 Å². The summed E-state index contributed by atoms with van der Waals surface area (Å²) in [7, 11) is 0. The van der Waals surface area contributed by atoms with Gasteiger partial charge < -0.3 is 15.6 Å². The molecular weight excluding hydrogens is 238 g/mol. The molecule has 1 saturated heterocycles. The van der Waals surface area contributed by atoms with Crippen LogP contribution in [0.25, 0.3) is 10.9 Å². The Hall–Kier alpha value is -1.81. The predicted octanol–water partition coefficient (Wildman–Crippen LogP) is 1.35. The molecule has 1 aliphatic rings. The summed E-state index contributed by atoms with van der Waals surface area (Å²) < 4.78 is 0. The van der Waals surface area contributed by atoms with Crippen LogP contribution in [0.3, 0.4) is 0 Å². The lowest BCUT2D eigenvalue weighted by Gasteiger charge is -2.25. The average molecular weight is 257 g/mol. The zero-order valence-corrected chi connectivity index (χ0v) is 11.1. The largest absolute Gasteiger partial charge is 0.361 e. The molecule has 3 N–H and O–H groups in total. The number of fused-ring (bicyclic) bond motifs is 1. The first-order valence-corrected chi connectivity index (χ1v) is 6.79. The number of aryl methyl sites for hydroxylation is 1. The first-order chi connectivity index (χ1) is 9.25. The number of H-pyrrole nitrogens is 1. The molecule has 0 bridgehead atoms. The number of benzene rings is 1. The summed E-state index contributed by atoms with van der Waals surface area (Å²) in [6, 6.07) is 6.31.